The Bertz CT molecular complexity index is 260. The Kier molecular flexibility index (Phi) is 6.85. The molecule has 7 heteroatoms. The molecule has 0 unspecified atom stereocenters. The summed E-state index contributed by atoms with van der Waals surface area (Å²) in [6.45, 7) is 4.71. The fraction of sp³-hybridized carbons (Fsp3) is 0.800. The zero-order valence-electron chi connectivity index (χ0n) is 9.68. The first-order chi connectivity index (χ1) is 8.27. The summed E-state index contributed by atoms with van der Waals surface area (Å²) < 4.78 is 2.28. The molecule has 94 valence electrons. The van der Waals surface area contributed by atoms with Crippen LogP contribution in [0.1, 0.15) is 25.7 Å². The number of thiocarbonyl (C=S) groups is 2. The molecule has 0 bridgehead atoms. The van der Waals surface area contributed by atoms with Crippen LogP contribution < -0.4 is 0 Å². The molecule has 0 spiro atoms. The molecule has 2 aliphatic rings. The van der Waals surface area contributed by atoms with E-state index in [1.54, 1.807) is 0 Å². The van der Waals surface area contributed by atoms with Gasteiger partial charge < -0.3 is 0 Å². The van der Waals surface area contributed by atoms with Gasteiger partial charge in [0.1, 0.15) is 0 Å². The van der Waals surface area contributed by atoms with Crippen molar-refractivity contribution in [2.24, 2.45) is 0 Å². The van der Waals surface area contributed by atoms with Gasteiger partial charge in [-0.15, -0.1) is 0 Å². The first-order valence-electron chi connectivity index (χ1n) is 5.94. The van der Waals surface area contributed by atoms with Crippen molar-refractivity contribution in [3.05, 3.63) is 0 Å². The molecule has 0 aromatic heterocycles. The van der Waals surface area contributed by atoms with Gasteiger partial charge in [0.25, 0.3) is 0 Å². The van der Waals surface area contributed by atoms with E-state index < -0.39 is 21.2 Å². The summed E-state index contributed by atoms with van der Waals surface area (Å²) in [5, 5.41) is 0. The Balaban J connectivity index is 1.61. The molecule has 0 amide bonds. The molecule has 0 aromatic rings. The van der Waals surface area contributed by atoms with Crippen LogP contribution in [-0.2, 0) is 0 Å². The summed E-state index contributed by atoms with van der Waals surface area (Å²) in [7, 11) is 3.92. The maximum absolute atomic E-state index is 5.47. The molecule has 2 rings (SSSR count). The van der Waals surface area contributed by atoms with Gasteiger partial charge in [-0.2, -0.15) is 0 Å². The molecule has 0 aliphatic carbocycles. The summed E-state index contributed by atoms with van der Waals surface area (Å²) in [5.41, 5.74) is 0. The van der Waals surface area contributed by atoms with Crippen LogP contribution in [0.5, 0.6) is 0 Å². The molecule has 17 heavy (non-hydrogen) atoms. The number of rotatable bonds is 2. The molecule has 0 N–H and O–H groups in total. The van der Waals surface area contributed by atoms with Gasteiger partial charge in [-0.3, -0.25) is 0 Å². The van der Waals surface area contributed by atoms with E-state index in [0.717, 1.165) is 8.64 Å². The molecule has 2 saturated heterocycles. The van der Waals surface area contributed by atoms with Crippen molar-refractivity contribution in [3.63, 3.8) is 0 Å². The Labute approximate surface area is 131 Å². The monoisotopic (exact) mass is 500 g/mol. The van der Waals surface area contributed by atoms with E-state index in [1.807, 2.05) is 16.6 Å². The third kappa shape index (κ3) is 4.78. The van der Waals surface area contributed by atoms with E-state index in [-0.39, 0.29) is 0 Å². The van der Waals surface area contributed by atoms with Gasteiger partial charge in [0.2, 0.25) is 0 Å². The van der Waals surface area contributed by atoms with Crippen molar-refractivity contribution in [2.45, 2.75) is 25.7 Å². The van der Waals surface area contributed by atoms with E-state index in [1.165, 1.54) is 51.9 Å². The van der Waals surface area contributed by atoms with Crippen molar-refractivity contribution in [3.8, 4) is 0 Å². The van der Waals surface area contributed by atoms with E-state index in [9.17, 15) is 0 Å². The Morgan fingerprint density at radius 1 is 0.765 bits per heavy atom. The summed E-state index contributed by atoms with van der Waals surface area (Å²) >= 11 is 10.2. The van der Waals surface area contributed by atoms with Gasteiger partial charge in [0, 0.05) is 0 Å². The van der Waals surface area contributed by atoms with Gasteiger partial charge in [0.15, 0.2) is 0 Å². The quantitative estimate of drug-likeness (QED) is 0.423. The predicted octanol–water partition coefficient (Wildman–Crippen LogP) is 2.75. The van der Waals surface area contributed by atoms with Crippen molar-refractivity contribution >= 4 is 70.9 Å². The molecule has 0 atom stereocenters. The Morgan fingerprint density at radius 2 is 1.12 bits per heavy atom. The molecule has 2 aliphatic heterocycles. The first-order valence-corrected chi connectivity index (χ1v) is 17.9. The van der Waals surface area contributed by atoms with Crippen LogP contribution in [0.3, 0.4) is 0 Å². The third-order valence-corrected chi connectivity index (χ3v) is 19.3. The second-order valence-electron chi connectivity index (χ2n) is 4.21. The van der Waals surface area contributed by atoms with Crippen molar-refractivity contribution in [1.29, 1.82) is 0 Å². The molecular weight excluding hydrogens is 484 g/mol. The van der Waals surface area contributed by atoms with E-state index >= 15 is 0 Å². The summed E-state index contributed by atoms with van der Waals surface area (Å²) in [6, 6.07) is 0. The number of hydrogen-bond acceptors (Lipinski definition) is 4. The number of hydrogen-bond donors (Lipinski definition) is 0. The molecule has 0 saturated carbocycles. The van der Waals surface area contributed by atoms with Crippen LogP contribution in [0.2, 0.25) is 0 Å². The van der Waals surface area contributed by atoms with E-state index in [4.69, 9.17) is 24.4 Å². The van der Waals surface area contributed by atoms with Crippen molar-refractivity contribution in [1.82, 2.24) is 9.80 Å². The third-order valence-electron chi connectivity index (χ3n) is 2.99. The van der Waals surface area contributed by atoms with Gasteiger partial charge in [-0.05, 0) is 0 Å². The minimum atomic E-state index is -0.782. The standard InChI is InChI=1S/2C5H9NS2.Pb/c2*7-5(8)6-3-1-2-4-6;/h2*1-4H2,(H,7,8);/q;;+2/p-2. The van der Waals surface area contributed by atoms with Gasteiger partial charge in [-0.25, -0.2) is 0 Å². The van der Waals surface area contributed by atoms with E-state index in [2.05, 4.69) is 9.80 Å². The van der Waals surface area contributed by atoms with Gasteiger partial charge in [-0.1, -0.05) is 0 Å². The van der Waals surface area contributed by atoms with Gasteiger partial charge >= 0.3 is 133 Å². The summed E-state index contributed by atoms with van der Waals surface area (Å²) in [4.78, 5) is 4.74. The summed E-state index contributed by atoms with van der Waals surface area (Å²) in [6.07, 6.45) is 5.25. The normalized spacial score (nSPS) is 20.0. The average molecular weight is 500 g/mol. The van der Waals surface area contributed by atoms with Crippen LogP contribution in [0.4, 0.5) is 0 Å². The number of nitrogens with zero attached hydrogens (tertiary/aromatic N) is 2. The van der Waals surface area contributed by atoms with Crippen molar-refractivity contribution in [2.75, 3.05) is 26.2 Å². The first kappa shape index (κ1) is 14.8. The Morgan fingerprint density at radius 3 is 1.47 bits per heavy atom. The fourth-order valence-electron chi connectivity index (χ4n) is 2.02. The molecule has 2 radical (unpaired) electrons. The molecule has 0 aromatic carbocycles. The van der Waals surface area contributed by atoms with Gasteiger partial charge in [0.05, 0.1) is 0 Å². The van der Waals surface area contributed by atoms with E-state index in [0.29, 0.717) is 0 Å². The van der Waals surface area contributed by atoms with Crippen LogP contribution in [0, 0.1) is 0 Å². The van der Waals surface area contributed by atoms with Crippen molar-refractivity contribution < 1.29 is 0 Å². The zero-order chi connectivity index (χ0) is 12.1. The SMILES string of the molecule is S=C([S][Pb][S]C(=S)N1CCCC1)N1CCCC1. The Hall–Kier alpha value is 1.40. The fourth-order valence-corrected chi connectivity index (χ4v) is 18.6. The second kappa shape index (κ2) is 7.86. The maximum atomic E-state index is 5.47. The van der Waals surface area contributed by atoms with Crippen LogP contribution in [-0.4, -0.2) is 65.9 Å². The predicted molar refractivity (Wildman–Crippen MR) is 87.7 cm³/mol. The van der Waals surface area contributed by atoms with Crippen LogP contribution >= 0.6 is 41.1 Å². The molecule has 2 nitrogen and oxygen atoms in total. The topological polar surface area (TPSA) is 6.48 Å². The number of likely N-dealkylation sites (tertiary alicyclic amines) is 2. The average Bonchev–Trinajstić information content (AvgIpc) is 3.02. The molecular formula is C10H16N2PbS4. The molecule has 2 heterocycles. The zero-order valence-corrected chi connectivity index (χ0v) is 16.8. The van der Waals surface area contributed by atoms with Crippen LogP contribution in [0.15, 0.2) is 0 Å². The second-order valence-corrected chi connectivity index (χ2v) is 17.9. The minimum absolute atomic E-state index is 0.782. The molecule has 2 fully saturated rings. The van der Waals surface area contributed by atoms with Crippen LogP contribution in [0.25, 0.3) is 0 Å². The summed E-state index contributed by atoms with van der Waals surface area (Å²) in [5.74, 6) is 0.